The van der Waals surface area contributed by atoms with Gasteiger partial charge in [0.15, 0.2) is 0 Å². The molecule has 0 radical (unpaired) electrons. The average molecular weight is 181 g/mol. The van der Waals surface area contributed by atoms with Gasteiger partial charge in [0.05, 0.1) is 6.20 Å². The van der Waals surface area contributed by atoms with Crippen LogP contribution in [0.25, 0.3) is 0 Å². The molecule has 0 atom stereocenters. The summed E-state index contributed by atoms with van der Waals surface area (Å²) < 4.78 is 3.80. The first-order valence-electron chi connectivity index (χ1n) is 4.87. The summed E-state index contributed by atoms with van der Waals surface area (Å²) in [6.07, 6.45) is 4.05. The average Bonchev–Trinajstić information content (AvgIpc) is 2.67. The quantitative estimate of drug-likeness (QED) is 0.751. The first-order chi connectivity index (χ1) is 6.33. The Hall–Kier alpha value is -1.19. The first kappa shape index (κ1) is 8.41. The highest BCUT2D eigenvalue weighted by atomic mass is 16.1. The molecule has 0 saturated carbocycles. The van der Waals surface area contributed by atoms with E-state index in [0.29, 0.717) is 0 Å². The third-order valence-corrected chi connectivity index (χ3v) is 2.38. The fourth-order valence-electron chi connectivity index (χ4n) is 1.71. The Morgan fingerprint density at radius 1 is 1.54 bits per heavy atom. The highest BCUT2D eigenvalue weighted by Crippen LogP contribution is 2.08. The normalized spacial score (nSPS) is 14.5. The predicted octanol–water partition coefficient (Wildman–Crippen LogP) is 0.875. The highest BCUT2D eigenvalue weighted by molar-refractivity contribution is 5.38. The molecule has 2 rings (SSSR count). The Balaban J connectivity index is 2.24. The molecule has 13 heavy (non-hydrogen) atoms. The van der Waals surface area contributed by atoms with Crippen LogP contribution >= 0.6 is 0 Å². The molecule has 1 N–H and O–H groups in total. The van der Waals surface area contributed by atoms with Crippen LogP contribution in [0, 0.1) is 0 Å². The fraction of sp³-hybridized carbons (Fsp3) is 0.667. The topological polar surface area (TPSA) is 39.0 Å². The summed E-state index contributed by atoms with van der Waals surface area (Å²) >= 11 is 0. The summed E-state index contributed by atoms with van der Waals surface area (Å²) in [5.74, 6) is 0. The maximum absolute atomic E-state index is 11.6. The molecular weight excluding hydrogens is 166 g/mol. The van der Waals surface area contributed by atoms with E-state index < -0.39 is 0 Å². The van der Waals surface area contributed by atoms with E-state index in [1.54, 1.807) is 4.68 Å². The summed E-state index contributed by atoms with van der Waals surface area (Å²) in [5.41, 5.74) is 0.882. The van der Waals surface area contributed by atoms with E-state index in [-0.39, 0.29) is 5.56 Å². The third kappa shape index (κ3) is 1.36. The molecule has 4 nitrogen and oxygen atoms in total. The molecule has 0 amide bonds. The van der Waals surface area contributed by atoms with Gasteiger partial charge >= 0.3 is 0 Å². The second-order valence-electron chi connectivity index (χ2n) is 3.41. The van der Waals surface area contributed by atoms with Gasteiger partial charge in [-0.1, -0.05) is 6.92 Å². The van der Waals surface area contributed by atoms with Gasteiger partial charge in [0.2, 0.25) is 0 Å². The van der Waals surface area contributed by atoms with Crippen molar-refractivity contribution in [3.63, 3.8) is 0 Å². The molecule has 1 aliphatic heterocycles. The van der Waals surface area contributed by atoms with Gasteiger partial charge in [-0.25, -0.2) is 4.68 Å². The zero-order chi connectivity index (χ0) is 9.26. The van der Waals surface area contributed by atoms with Crippen LogP contribution in [-0.2, 0) is 13.1 Å². The number of hydrogen-bond acceptors (Lipinski definition) is 2. The number of aryl methyl sites for hydroxylation is 1. The summed E-state index contributed by atoms with van der Waals surface area (Å²) in [5, 5.41) is 3.14. The number of fused-ring (bicyclic) bond motifs is 1. The molecule has 1 aliphatic rings. The van der Waals surface area contributed by atoms with Crippen LogP contribution in [0.15, 0.2) is 11.0 Å². The maximum Gasteiger partial charge on any atom is 0.290 e. The monoisotopic (exact) mass is 181 g/mol. The Bertz CT molecular complexity index is 350. The van der Waals surface area contributed by atoms with Crippen molar-refractivity contribution in [2.45, 2.75) is 32.9 Å². The smallest absolute Gasteiger partial charge is 0.290 e. The molecule has 0 spiro atoms. The number of hydrogen-bond donors (Lipinski definition) is 1. The van der Waals surface area contributed by atoms with Crippen molar-refractivity contribution < 1.29 is 0 Å². The lowest BCUT2D eigenvalue weighted by Crippen LogP contribution is -2.19. The Labute approximate surface area is 77.1 Å². The number of rotatable bonds is 3. The van der Waals surface area contributed by atoms with Crippen LogP contribution in [0.3, 0.4) is 0 Å². The van der Waals surface area contributed by atoms with E-state index in [1.165, 1.54) is 0 Å². The molecule has 4 heteroatoms. The Morgan fingerprint density at radius 2 is 2.38 bits per heavy atom. The number of nitrogens with one attached hydrogen (secondary N) is 1. The lowest BCUT2D eigenvalue weighted by molar-refractivity contribution is 0.594. The molecule has 2 heterocycles. The second-order valence-corrected chi connectivity index (χ2v) is 3.41. The third-order valence-electron chi connectivity index (χ3n) is 2.38. The van der Waals surface area contributed by atoms with E-state index in [9.17, 15) is 4.79 Å². The fourth-order valence-corrected chi connectivity index (χ4v) is 1.71. The molecule has 0 saturated heterocycles. The van der Waals surface area contributed by atoms with E-state index in [1.807, 2.05) is 10.9 Å². The zero-order valence-electron chi connectivity index (χ0n) is 7.92. The maximum atomic E-state index is 11.6. The van der Waals surface area contributed by atoms with Crippen LogP contribution in [0.4, 0.5) is 5.69 Å². The molecule has 0 fully saturated rings. The van der Waals surface area contributed by atoms with Gasteiger partial charge in [-0.2, -0.15) is 0 Å². The van der Waals surface area contributed by atoms with E-state index in [2.05, 4.69) is 12.2 Å². The summed E-state index contributed by atoms with van der Waals surface area (Å²) in [6, 6.07) is 0. The van der Waals surface area contributed by atoms with Gasteiger partial charge in [-0.15, -0.1) is 0 Å². The molecule has 0 unspecified atom stereocenters. The lowest BCUT2D eigenvalue weighted by Gasteiger charge is -1.97. The van der Waals surface area contributed by atoms with Crippen molar-refractivity contribution in [1.29, 1.82) is 0 Å². The van der Waals surface area contributed by atoms with Crippen LogP contribution in [0.5, 0.6) is 0 Å². The SMILES string of the molecule is CCCNc1cn2n(c1=O)CCC2. The number of nitrogens with zero attached hydrogens (tertiary/aromatic N) is 2. The molecule has 1 aromatic heterocycles. The zero-order valence-corrected chi connectivity index (χ0v) is 7.92. The van der Waals surface area contributed by atoms with Gasteiger partial charge in [-0.05, 0) is 12.8 Å². The summed E-state index contributed by atoms with van der Waals surface area (Å²) in [6.45, 7) is 4.81. The summed E-state index contributed by atoms with van der Waals surface area (Å²) in [4.78, 5) is 11.6. The van der Waals surface area contributed by atoms with Crippen LogP contribution in [0.2, 0.25) is 0 Å². The van der Waals surface area contributed by atoms with E-state index in [4.69, 9.17) is 0 Å². The molecule has 0 aliphatic carbocycles. The van der Waals surface area contributed by atoms with Gasteiger partial charge in [-0.3, -0.25) is 9.48 Å². The van der Waals surface area contributed by atoms with Crippen molar-refractivity contribution in [1.82, 2.24) is 9.36 Å². The molecule has 72 valence electrons. The largest absolute Gasteiger partial charge is 0.379 e. The van der Waals surface area contributed by atoms with Crippen molar-refractivity contribution in [2.75, 3.05) is 11.9 Å². The van der Waals surface area contributed by atoms with Crippen molar-refractivity contribution in [2.24, 2.45) is 0 Å². The molecular formula is C9H15N3O. The number of aromatic nitrogens is 2. The second kappa shape index (κ2) is 3.28. The predicted molar refractivity (Wildman–Crippen MR) is 52.1 cm³/mol. The van der Waals surface area contributed by atoms with Crippen LogP contribution < -0.4 is 10.9 Å². The van der Waals surface area contributed by atoms with Crippen molar-refractivity contribution in [3.8, 4) is 0 Å². The van der Waals surface area contributed by atoms with Gasteiger partial charge in [0.1, 0.15) is 5.69 Å². The molecule has 0 aromatic carbocycles. The van der Waals surface area contributed by atoms with Gasteiger partial charge in [0, 0.05) is 19.6 Å². The van der Waals surface area contributed by atoms with Crippen LogP contribution in [-0.4, -0.2) is 15.9 Å². The standard InChI is InChI=1S/C9H15N3O/c1-2-4-10-8-7-11-5-3-6-12(11)9(8)13/h7,10H,2-6H2,1H3. The Morgan fingerprint density at radius 3 is 3.08 bits per heavy atom. The summed E-state index contributed by atoms with van der Waals surface area (Å²) in [7, 11) is 0. The van der Waals surface area contributed by atoms with Crippen LogP contribution in [0.1, 0.15) is 19.8 Å². The van der Waals surface area contributed by atoms with Crippen molar-refractivity contribution >= 4 is 5.69 Å². The van der Waals surface area contributed by atoms with Gasteiger partial charge < -0.3 is 5.32 Å². The Kier molecular flexibility index (Phi) is 2.12. The minimum absolute atomic E-state index is 0.131. The minimum Gasteiger partial charge on any atom is -0.379 e. The van der Waals surface area contributed by atoms with E-state index in [0.717, 1.165) is 38.2 Å². The van der Waals surface area contributed by atoms with E-state index >= 15 is 0 Å². The molecule has 0 bridgehead atoms. The van der Waals surface area contributed by atoms with Gasteiger partial charge in [0.25, 0.3) is 5.56 Å². The first-order valence-corrected chi connectivity index (χ1v) is 4.87. The minimum atomic E-state index is 0.131. The highest BCUT2D eigenvalue weighted by Gasteiger charge is 2.14. The van der Waals surface area contributed by atoms with Crippen molar-refractivity contribution in [3.05, 3.63) is 16.6 Å². The lowest BCUT2D eigenvalue weighted by atomic mass is 10.4. The molecule has 1 aromatic rings. The number of anilines is 1.